The van der Waals surface area contributed by atoms with E-state index in [1.165, 1.54) is 11.3 Å². The number of anilines is 1. The molecular weight excluding hydrogens is 268 g/mol. The maximum atomic E-state index is 5.90. The molecular formula is C13H9ClN2OS. The van der Waals surface area contributed by atoms with Crippen molar-refractivity contribution in [1.29, 1.82) is 0 Å². The summed E-state index contributed by atoms with van der Waals surface area (Å²) in [5, 5.41) is 1.21. The number of aromatic nitrogens is 1. The van der Waals surface area contributed by atoms with Crippen molar-refractivity contribution in [1.82, 2.24) is 4.98 Å². The predicted octanol–water partition coefficient (Wildman–Crippen LogP) is 4.32. The van der Waals surface area contributed by atoms with E-state index in [0.29, 0.717) is 15.9 Å². The third-order valence-electron chi connectivity index (χ3n) is 2.41. The molecule has 0 saturated carbocycles. The second kappa shape index (κ2) is 4.48. The zero-order valence-electron chi connectivity index (χ0n) is 9.26. The highest BCUT2D eigenvalue weighted by atomic mass is 35.5. The molecule has 0 bridgehead atoms. The van der Waals surface area contributed by atoms with Crippen molar-refractivity contribution in [3.63, 3.8) is 0 Å². The second-order valence-corrected chi connectivity index (χ2v) is 5.24. The molecule has 0 spiro atoms. The van der Waals surface area contributed by atoms with Crippen LogP contribution in [0.4, 0.5) is 5.13 Å². The number of nitrogens with zero attached hydrogens (tertiary/aromatic N) is 1. The minimum absolute atomic E-state index is 0.560. The highest BCUT2D eigenvalue weighted by molar-refractivity contribution is 7.22. The average molecular weight is 277 g/mol. The molecule has 1 aromatic heterocycles. The van der Waals surface area contributed by atoms with E-state index in [0.717, 1.165) is 16.0 Å². The smallest absolute Gasteiger partial charge is 0.181 e. The lowest BCUT2D eigenvalue weighted by Gasteiger charge is -2.05. The van der Waals surface area contributed by atoms with Crippen LogP contribution in [0.1, 0.15) is 0 Å². The molecule has 0 saturated heterocycles. The number of benzene rings is 2. The van der Waals surface area contributed by atoms with Crippen LogP contribution in [0.2, 0.25) is 5.02 Å². The number of hydrogen-bond acceptors (Lipinski definition) is 4. The summed E-state index contributed by atoms with van der Waals surface area (Å²) >= 11 is 7.35. The molecule has 0 amide bonds. The maximum absolute atomic E-state index is 5.90. The van der Waals surface area contributed by atoms with Crippen molar-refractivity contribution in [2.75, 3.05) is 5.73 Å². The Hall–Kier alpha value is -1.78. The first-order valence-corrected chi connectivity index (χ1v) is 6.50. The summed E-state index contributed by atoms with van der Waals surface area (Å²) < 4.78 is 6.74. The van der Waals surface area contributed by atoms with Gasteiger partial charge in [-0.2, -0.15) is 0 Å². The number of thiazole rings is 1. The Balaban J connectivity index is 1.94. The van der Waals surface area contributed by atoms with Gasteiger partial charge < -0.3 is 10.5 Å². The molecule has 0 aliphatic rings. The van der Waals surface area contributed by atoms with E-state index in [1.54, 1.807) is 6.07 Å². The van der Waals surface area contributed by atoms with Gasteiger partial charge in [-0.3, -0.25) is 0 Å². The molecule has 2 aromatic carbocycles. The third-order valence-corrected chi connectivity index (χ3v) is 3.49. The van der Waals surface area contributed by atoms with Crippen LogP contribution in [-0.4, -0.2) is 4.98 Å². The highest BCUT2D eigenvalue weighted by Gasteiger charge is 2.04. The molecule has 0 radical (unpaired) electrons. The molecule has 0 unspecified atom stereocenters. The molecule has 5 heteroatoms. The molecule has 3 nitrogen and oxygen atoms in total. The van der Waals surface area contributed by atoms with Gasteiger partial charge in [0.15, 0.2) is 5.13 Å². The van der Waals surface area contributed by atoms with Crippen molar-refractivity contribution in [3.05, 3.63) is 47.5 Å². The predicted molar refractivity (Wildman–Crippen MR) is 75.6 cm³/mol. The molecule has 3 aromatic rings. The van der Waals surface area contributed by atoms with Gasteiger partial charge in [-0.15, -0.1) is 0 Å². The largest absolute Gasteiger partial charge is 0.457 e. The molecule has 1 heterocycles. The van der Waals surface area contributed by atoms with Crippen LogP contribution in [0.15, 0.2) is 42.5 Å². The standard InChI is InChI=1S/C13H9ClN2OS/c14-8-2-1-3-9(6-8)17-10-4-5-11-12(7-10)18-13(15)16-11/h1-7H,(H2,15,16). The first-order chi connectivity index (χ1) is 8.70. The lowest BCUT2D eigenvalue weighted by atomic mass is 10.3. The van der Waals surface area contributed by atoms with Gasteiger partial charge in [0, 0.05) is 11.1 Å². The van der Waals surface area contributed by atoms with E-state index < -0.39 is 0 Å². The number of hydrogen-bond donors (Lipinski definition) is 1. The zero-order valence-corrected chi connectivity index (χ0v) is 10.8. The summed E-state index contributed by atoms with van der Waals surface area (Å²) in [7, 11) is 0. The lowest BCUT2D eigenvalue weighted by Crippen LogP contribution is -1.83. The van der Waals surface area contributed by atoms with E-state index >= 15 is 0 Å². The van der Waals surface area contributed by atoms with E-state index in [9.17, 15) is 0 Å². The Bertz CT molecular complexity index is 711. The van der Waals surface area contributed by atoms with Crippen molar-refractivity contribution >= 4 is 38.3 Å². The first-order valence-electron chi connectivity index (χ1n) is 5.30. The van der Waals surface area contributed by atoms with Crippen molar-refractivity contribution in [2.45, 2.75) is 0 Å². The van der Waals surface area contributed by atoms with E-state index in [2.05, 4.69) is 4.98 Å². The number of nitrogens with two attached hydrogens (primary N) is 1. The molecule has 0 aliphatic carbocycles. The molecule has 0 atom stereocenters. The van der Waals surface area contributed by atoms with Gasteiger partial charge in [-0.1, -0.05) is 29.0 Å². The SMILES string of the molecule is Nc1nc2ccc(Oc3cccc(Cl)c3)cc2s1. The van der Waals surface area contributed by atoms with Crippen molar-refractivity contribution in [3.8, 4) is 11.5 Å². The first kappa shape index (κ1) is 11.3. The van der Waals surface area contributed by atoms with Gasteiger partial charge in [0.05, 0.1) is 10.2 Å². The van der Waals surface area contributed by atoms with Gasteiger partial charge in [0.25, 0.3) is 0 Å². The van der Waals surface area contributed by atoms with Gasteiger partial charge in [-0.25, -0.2) is 4.98 Å². The maximum Gasteiger partial charge on any atom is 0.181 e. The van der Waals surface area contributed by atoms with Crippen LogP contribution in [0.25, 0.3) is 10.2 Å². The lowest BCUT2D eigenvalue weighted by molar-refractivity contribution is 0.483. The van der Waals surface area contributed by atoms with Crippen molar-refractivity contribution in [2.24, 2.45) is 0 Å². The van der Waals surface area contributed by atoms with Gasteiger partial charge in [-0.05, 0) is 30.3 Å². The molecule has 2 N–H and O–H groups in total. The van der Waals surface area contributed by atoms with Crippen LogP contribution in [0.3, 0.4) is 0 Å². The minimum atomic E-state index is 0.560. The van der Waals surface area contributed by atoms with E-state index in [4.69, 9.17) is 22.1 Å². The Morgan fingerprint density at radius 3 is 2.78 bits per heavy atom. The summed E-state index contributed by atoms with van der Waals surface area (Å²) in [5.41, 5.74) is 6.55. The normalized spacial score (nSPS) is 10.7. The minimum Gasteiger partial charge on any atom is -0.457 e. The van der Waals surface area contributed by atoms with Crippen LogP contribution in [0, 0.1) is 0 Å². The number of halogens is 1. The Kier molecular flexibility index (Phi) is 2.81. The third kappa shape index (κ3) is 2.25. The van der Waals surface area contributed by atoms with Gasteiger partial charge in [0.2, 0.25) is 0 Å². The Labute approximate surface area is 113 Å². The Morgan fingerprint density at radius 2 is 1.94 bits per heavy atom. The Morgan fingerprint density at radius 1 is 1.11 bits per heavy atom. The van der Waals surface area contributed by atoms with Crippen LogP contribution in [-0.2, 0) is 0 Å². The molecule has 0 aliphatic heterocycles. The zero-order chi connectivity index (χ0) is 12.5. The van der Waals surface area contributed by atoms with Gasteiger partial charge >= 0.3 is 0 Å². The molecule has 90 valence electrons. The van der Waals surface area contributed by atoms with Crippen molar-refractivity contribution < 1.29 is 4.74 Å². The van der Waals surface area contributed by atoms with Crippen LogP contribution >= 0.6 is 22.9 Å². The topological polar surface area (TPSA) is 48.1 Å². The number of rotatable bonds is 2. The second-order valence-electron chi connectivity index (χ2n) is 3.74. The van der Waals surface area contributed by atoms with E-state index in [1.807, 2.05) is 36.4 Å². The fourth-order valence-corrected chi connectivity index (χ4v) is 2.60. The number of nitrogen functional groups attached to an aromatic ring is 1. The monoisotopic (exact) mass is 276 g/mol. The fraction of sp³-hybridized carbons (Fsp3) is 0. The van der Waals surface area contributed by atoms with Crippen LogP contribution in [0.5, 0.6) is 11.5 Å². The highest BCUT2D eigenvalue weighted by Crippen LogP contribution is 2.30. The fourth-order valence-electron chi connectivity index (χ4n) is 1.65. The van der Waals surface area contributed by atoms with Crippen LogP contribution < -0.4 is 10.5 Å². The molecule has 0 fully saturated rings. The summed E-state index contributed by atoms with van der Waals surface area (Å²) in [6.07, 6.45) is 0. The quantitative estimate of drug-likeness (QED) is 0.758. The summed E-state index contributed by atoms with van der Waals surface area (Å²) in [6, 6.07) is 13.0. The summed E-state index contributed by atoms with van der Waals surface area (Å²) in [6.45, 7) is 0. The van der Waals surface area contributed by atoms with Gasteiger partial charge in [0.1, 0.15) is 11.5 Å². The number of ether oxygens (including phenoxy) is 1. The summed E-state index contributed by atoms with van der Waals surface area (Å²) in [4.78, 5) is 4.20. The molecule has 3 rings (SSSR count). The molecule has 18 heavy (non-hydrogen) atoms. The average Bonchev–Trinajstić information content (AvgIpc) is 2.68. The van der Waals surface area contributed by atoms with E-state index in [-0.39, 0.29) is 0 Å². The number of fused-ring (bicyclic) bond motifs is 1. The summed E-state index contributed by atoms with van der Waals surface area (Å²) in [5.74, 6) is 1.45.